The standard InChI is InChI=1S/C22H35N5O2.HI/c1-7-23-22(24-11-10-19-9-8-16(2)21(14-19)29-6)25-15-20-17(3)26-27(18(20)4)12-13-28-5;/h8-9,14H,7,10-13,15H2,1-6H3,(H2,23,24,25);1H. The second-order valence-electron chi connectivity index (χ2n) is 7.04. The monoisotopic (exact) mass is 529 g/mol. The van der Waals surface area contributed by atoms with Crippen molar-refractivity contribution in [1.29, 1.82) is 0 Å². The van der Waals surface area contributed by atoms with Crippen LogP contribution in [-0.2, 0) is 24.2 Å². The number of hydrogen-bond acceptors (Lipinski definition) is 4. The van der Waals surface area contributed by atoms with Crippen molar-refractivity contribution < 1.29 is 9.47 Å². The maximum Gasteiger partial charge on any atom is 0.191 e. The molecule has 0 atom stereocenters. The van der Waals surface area contributed by atoms with Gasteiger partial charge in [-0.05, 0) is 51.3 Å². The van der Waals surface area contributed by atoms with E-state index in [2.05, 4.69) is 54.7 Å². The minimum absolute atomic E-state index is 0. The van der Waals surface area contributed by atoms with Crippen molar-refractivity contribution in [1.82, 2.24) is 20.4 Å². The minimum Gasteiger partial charge on any atom is -0.496 e. The van der Waals surface area contributed by atoms with Gasteiger partial charge in [0.2, 0.25) is 0 Å². The van der Waals surface area contributed by atoms with Crippen molar-refractivity contribution in [3.63, 3.8) is 0 Å². The molecule has 0 saturated heterocycles. The number of benzene rings is 1. The molecule has 168 valence electrons. The number of halogens is 1. The largest absolute Gasteiger partial charge is 0.496 e. The Hall–Kier alpha value is -1.81. The summed E-state index contributed by atoms with van der Waals surface area (Å²) in [5, 5.41) is 11.4. The lowest BCUT2D eigenvalue weighted by Gasteiger charge is -2.12. The Morgan fingerprint density at radius 2 is 1.93 bits per heavy atom. The molecular formula is C22H36IN5O2. The molecule has 1 aromatic carbocycles. The second-order valence-corrected chi connectivity index (χ2v) is 7.04. The van der Waals surface area contributed by atoms with Gasteiger partial charge in [0, 0.05) is 31.5 Å². The SMILES string of the molecule is CCNC(=NCc1c(C)nn(CCOC)c1C)NCCc1ccc(C)c(OC)c1.I. The second kappa shape index (κ2) is 13.5. The van der Waals surface area contributed by atoms with Crippen LogP contribution in [0, 0.1) is 20.8 Å². The summed E-state index contributed by atoms with van der Waals surface area (Å²) in [7, 11) is 3.42. The molecule has 1 heterocycles. The Labute approximate surface area is 197 Å². The summed E-state index contributed by atoms with van der Waals surface area (Å²) < 4.78 is 12.6. The lowest BCUT2D eigenvalue weighted by Crippen LogP contribution is -2.38. The fourth-order valence-electron chi connectivity index (χ4n) is 3.20. The number of ether oxygens (including phenoxy) is 2. The summed E-state index contributed by atoms with van der Waals surface area (Å²) in [5.74, 6) is 1.74. The average Bonchev–Trinajstić information content (AvgIpc) is 2.98. The van der Waals surface area contributed by atoms with Crippen molar-refractivity contribution in [2.75, 3.05) is 33.9 Å². The molecule has 0 spiro atoms. The molecule has 7 nitrogen and oxygen atoms in total. The van der Waals surface area contributed by atoms with Gasteiger partial charge in [-0.25, -0.2) is 4.99 Å². The smallest absolute Gasteiger partial charge is 0.191 e. The van der Waals surface area contributed by atoms with Crippen LogP contribution in [0.4, 0.5) is 0 Å². The van der Waals surface area contributed by atoms with Crippen LogP contribution in [0.3, 0.4) is 0 Å². The van der Waals surface area contributed by atoms with E-state index in [9.17, 15) is 0 Å². The fraction of sp³-hybridized carbons (Fsp3) is 0.545. The van der Waals surface area contributed by atoms with Crippen LogP contribution in [0.25, 0.3) is 0 Å². The number of aromatic nitrogens is 2. The minimum atomic E-state index is 0. The molecule has 2 N–H and O–H groups in total. The van der Waals surface area contributed by atoms with E-state index in [-0.39, 0.29) is 24.0 Å². The van der Waals surface area contributed by atoms with Gasteiger partial charge in [-0.1, -0.05) is 12.1 Å². The predicted octanol–water partition coefficient (Wildman–Crippen LogP) is 3.38. The van der Waals surface area contributed by atoms with E-state index in [1.165, 1.54) is 11.1 Å². The Morgan fingerprint density at radius 1 is 1.17 bits per heavy atom. The van der Waals surface area contributed by atoms with Crippen LogP contribution >= 0.6 is 24.0 Å². The average molecular weight is 529 g/mol. The van der Waals surface area contributed by atoms with Crippen molar-refractivity contribution in [3.8, 4) is 5.75 Å². The number of aliphatic imine (C=N–C) groups is 1. The quantitative estimate of drug-likeness (QED) is 0.281. The van der Waals surface area contributed by atoms with Crippen LogP contribution in [0.2, 0.25) is 0 Å². The molecule has 30 heavy (non-hydrogen) atoms. The van der Waals surface area contributed by atoms with Crippen molar-refractivity contribution in [2.24, 2.45) is 4.99 Å². The number of nitrogens with zero attached hydrogens (tertiary/aromatic N) is 3. The van der Waals surface area contributed by atoms with Gasteiger partial charge in [0.15, 0.2) is 5.96 Å². The normalized spacial score (nSPS) is 11.2. The molecule has 0 fully saturated rings. The number of nitrogens with one attached hydrogen (secondary N) is 2. The van der Waals surface area contributed by atoms with Crippen molar-refractivity contribution in [3.05, 3.63) is 46.3 Å². The zero-order valence-corrected chi connectivity index (χ0v) is 21.4. The molecule has 2 aromatic rings. The third kappa shape index (κ3) is 7.46. The molecule has 0 aliphatic rings. The molecule has 0 aliphatic heterocycles. The van der Waals surface area contributed by atoms with Gasteiger partial charge in [0.05, 0.1) is 32.5 Å². The zero-order valence-electron chi connectivity index (χ0n) is 19.0. The zero-order chi connectivity index (χ0) is 21.2. The van der Waals surface area contributed by atoms with Gasteiger partial charge in [0.1, 0.15) is 5.75 Å². The summed E-state index contributed by atoms with van der Waals surface area (Å²) in [5.41, 5.74) is 5.72. The highest BCUT2D eigenvalue weighted by atomic mass is 127. The van der Waals surface area contributed by atoms with E-state index in [1.807, 2.05) is 11.6 Å². The number of hydrogen-bond donors (Lipinski definition) is 2. The highest BCUT2D eigenvalue weighted by molar-refractivity contribution is 14.0. The molecular weight excluding hydrogens is 493 g/mol. The molecule has 0 aliphatic carbocycles. The third-order valence-corrected chi connectivity index (χ3v) is 4.96. The van der Waals surface area contributed by atoms with Crippen molar-refractivity contribution in [2.45, 2.75) is 47.2 Å². The molecule has 0 bridgehead atoms. The lowest BCUT2D eigenvalue weighted by atomic mass is 10.1. The van der Waals surface area contributed by atoms with Gasteiger partial charge < -0.3 is 20.1 Å². The maximum absolute atomic E-state index is 5.42. The van der Waals surface area contributed by atoms with E-state index < -0.39 is 0 Å². The van der Waals surface area contributed by atoms with Crippen LogP contribution in [-0.4, -0.2) is 49.7 Å². The van der Waals surface area contributed by atoms with Gasteiger partial charge in [-0.15, -0.1) is 24.0 Å². The van der Waals surface area contributed by atoms with Gasteiger partial charge in [0.25, 0.3) is 0 Å². The number of rotatable bonds is 10. The van der Waals surface area contributed by atoms with E-state index >= 15 is 0 Å². The number of guanidine groups is 1. The summed E-state index contributed by atoms with van der Waals surface area (Å²) in [6, 6.07) is 6.34. The van der Waals surface area contributed by atoms with E-state index in [4.69, 9.17) is 14.5 Å². The van der Waals surface area contributed by atoms with E-state index in [0.29, 0.717) is 13.2 Å². The Bertz CT molecular complexity index is 820. The van der Waals surface area contributed by atoms with Crippen LogP contribution in [0.15, 0.2) is 23.2 Å². The van der Waals surface area contributed by atoms with Crippen molar-refractivity contribution >= 4 is 29.9 Å². The Balaban J connectivity index is 0.00000450. The maximum atomic E-state index is 5.42. The first-order chi connectivity index (χ1) is 14.0. The summed E-state index contributed by atoms with van der Waals surface area (Å²) in [6.45, 7) is 11.9. The van der Waals surface area contributed by atoms with E-state index in [0.717, 1.165) is 54.7 Å². The Morgan fingerprint density at radius 3 is 2.60 bits per heavy atom. The first-order valence-corrected chi connectivity index (χ1v) is 10.2. The highest BCUT2D eigenvalue weighted by Gasteiger charge is 2.11. The molecule has 2 rings (SSSR count). The predicted molar refractivity (Wildman–Crippen MR) is 133 cm³/mol. The first kappa shape index (κ1) is 26.2. The van der Waals surface area contributed by atoms with Crippen LogP contribution in [0.1, 0.15) is 35.0 Å². The molecule has 0 unspecified atom stereocenters. The lowest BCUT2D eigenvalue weighted by molar-refractivity contribution is 0.182. The summed E-state index contributed by atoms with van der Waals surface area (Å²) in [4.78, 5) is 4.76. The molecule has 1 aromatic heterocycles. The first-order valence-electron chi connectivity index (χ1n) is 10.2. The van der Waals surface area contributed by atoms with E-state index in [1.54, 1.807) is 14.2 Å². The topological polar surface area (TPSA) is 72.7 Å². The van der Waals surface area contributed by atoms with Crippen LogP contribution in [0.5, 0.6) is 5.75 Å². The molecule has 0 amide bonds. The van der Waals surface area contributed by atoms with Gasteiger partial charge in [-0.3, -0.25) is 4.68 Å². The summed E-state index contributed by atoms with van der Waals surface area (Å²) >= 11 is 0. The third-order valence-electron chi connectivity index (χ3n) is 4.96. The van der Waals surface area contributed by atoms with Gasteiger partial charge in [-0.2, -0.15) is 5.10 Å². The van der Waals surface area contributed by atoms with Crippen LogP contribution < -0.4 is 15.4 Å². The van der Waals surface area contributed by atoms with Gasteiger partial charge >= 0.3 is 0 Å². The highest BCUT2D eigenvalue weighted by Crippen LogP contribution is 2.19. The molecule has 8 heteroatoms. The Kier molecular flexibility index (Phi) is 11.8. The fourth-order valence-corrected chi connectivity index (χ4v) is 3.20. The molecule has 0 saturated carbocycles. The summed E-state index contributed by atoms with van der Waals surface area (Å²) in [6.07, 6.45) is 0.897. The molecule has 0 radical (unpaired) electrons. The number of aryl methyl sites for hydroxylation is 2. The number of methoxy groups -OCH3 is 2.